The maximum absolute atomic E-state index is 12.5. The first-order chi connectivity index (χ1) is 13.8. The highest BCUT2D eigenvalue weighted by atomic mass is 32.2. The normalized spacial score (nSPS) is 11.4. The molecule has 3 rings (SSSR count). The Labute approximate surface area is 174 Å². The number of carbonyl (C=O) groups is 1. The van der Waals surface area contributed by atoms with E-state index in [-0.39, 0.29) is 17.2 Å². The summed E-state index contributed by atoms with van der Waals surface area (Å²) in [6.07, 6.45) is 0.0666. The molecule has 0 aliphatic rings. The number of carbonyl (C=O) groups excluding carboxylic acids is 1. The summed E-state index contributed by atoms with van der Waals surface area (Å²) in [4.78, 5) is 17.1. The molecule has 0 bridgehead atoms. The van der Waals surface area contributed by atoms with Gasteiger partial charge in [-0.2, -0.15) is 0 Å². The van der Waals surface area contributed by atoms with E-state index in [1.54, 1.807) is 0 Å². The summed E-state index contributed by atoms with van der Waals surface area (Å²) in [5.74, 6) is 0.0620. The van der Waals surface area contributed by atoms with Crippen molar-refractivity contribution in [3.05, 3.63) is 59.6 Å². The molecule has 1 N–H and O–H groups in total. The SMILES string of the molecule is COc1ccc(S(=O)(=O)N(C)C)cc1NC(=O)Cc1csc(-c2ccccc2)n1. The zero-order valence-electron chi connectivity index (χ0n) is 16.2. The van der Waals surface area contributed by atoms with E-state index >= 15 is 0 Å². The van der Waals surface area contributed by atoms with E-state index in [9.17, 15) is 13.2 Å². The Kier molecular flexibility index (Phi) is 6.31. The van der Waals surface area contributed by atoms with Crippen LogP contribution in [0.1, 0.15) is 5.69 Å². The van der Waals surface area contributed by atoms with Gasteiger partial charge in [0.2, 0.25) is 15.9 Å². The molecule has 0 saturated heterocycles. The average molecular weight is 432 g/mol. The van der Waals surface area contributed by atoms with E-state index in [4.69, 9.17) is 4.74 Å². The Morgan fingerprint density at radius 1 is 1.17 bits per heavy atom. The highest BCUT2D eigenvalue weighted by Gasteiger charge is 2.20. The van der Waals surface area contributed by atoms with E-state index in [1.807, 2.05) is 35.7 Å². The lowest BCUT2D eigenvalue weighted by atomic mass is 10.2. The number of ether oxygens (including phenoxy) is 1. The maximum atomic E-state index is 12.5. The van der Waals surface area contributed by atoms with Crippen LogP contribution in [0.25, 0.3) is 10.6 Å². The van der Waals surface area contributed by atoms with E-state index in [0.717, 1.165) is 14.9 Å². The molecular weight excluding hydrogens is 410 g/mol. The fraction of sp³-hybridized carbons (Fsp3) is 0.200. The van der Waals surface area contributed by atoms with Crippen LogP contribution in [0.5, 0.6) is 5.75 Å². The van der Waals surface area contributed by atoms with Gasteiger partial charge in [-0.3, -0.25) is 4.79 Å². The molecule has 0 saturated carbocycles. The second kappa shape index (κ2) is 8.73. The number of benzene rings is 2. The molecule has 9 heteroatoms. The van der Waals surface area contributed by atoms with E-state index in [1.165, 1.54) is 50.7 Å². The van der Waals surface area contributed by atoms with Crippen LogP contribution in [0.4, 0.5) is 5.69 Å². The Bertz CT molecular complexity index is 1110. The highest BCUT2D eigenvalue weighted by molar-refractivity contribution is 7.89. The summed E-state index contributed by atoms with van der Waals surface area (Å²) in [7, 11) is 0.723. The minimum atomic E-state index is -3.63. The van der Waals surface area contributed by atoms with Crippen molar-refractivity contribution in [1.29, 1.82) is 0 Å². The first kappa shape index (κ1) is 21.0. The molecule has 0 radical (unpaired) electrons. The molecule has 0 spiro atoms. The largest absolute Gasteiger partial charge is 0.495 e. The van der Waals surface area contributed by atoms with Crippen LogP contribution in [0, 0.1) is 0 Å². The zero-order valence-corrected chi connectivity index (χ0v) is 17.9. The molecular formula is C20H21N3O4S2. The summed E-state index contributed by atoms with van der Waals surface area (Å²) < 4.78 is 31.1. The molecule has 1 heterocycles. The number of thiazole rings is 1. The number of hydrogen-bond donors (Lipinski definition) is 1. The number of amides is 1. The van der Waals surface area contributed by atoms with E-state index in [2.05, 4.69) is 10.3 Å². The third-order valence-electron chi connectivity index (χ3n) is 4.14. The fourth-order valence-electron chi connectivity index (χ4n) is 2.62. The first-order valence-corrected chi connectivity index (χ1v) is 11.0. The van der Waals surface area contributed by atoms with E-state index in [0.29, 0.717) is 17.1 Å². The van der Waals surface area contributed by atoms with Gasteiger partial charge in [-0.05, 0) is 18.2 Å². The Morgan fingerprint density at radius 3 is 2.55 bits per heavy atom. The van der Waals surface area contributed by atoms with Gasteiger partial charge in [0.1, 0.15) is 10.8 Å². The lowest BCUT2D eigenvalue weighted by molar-refractivity contribution is -0.115. The molecule has 1 aromatic heterocycles. The van der Waals surface area contributed by atoms with Gasteiger partial charge in [0, 0.05) is 25.0 Å². The second-order valence-electron chi connectivity index (χ2n) is 6.38. The van der Waals surface area contributed by atoms with Crippen molar-refractivity contribution in [2.45, 2.75) is 11.3 Å². The van der Waals surface area contributed by atoms with Crippen molar-refractivity contribution < 1.29 is 17.9 Å². The summed E-state index contributed by atoms with van der Waals surface area (Å²) >= 11 is 1.47. The van der Waals surface area contributed by atoms with Gasteiger partial charge in [-0.15, -0.1) is 11.3 Å². The summed E-state index contributed by atoms with van der Waals surface area (Å²) in [6, 6.07) is 14.1. The van der Waals surface area contributed by atoms with Crippen molar-refractivity contribution in [3.8, 4) is 16.3 Å². The number of aromatic nitrogens is 1. The van der Waals surface area contributed by atoms with Gasteiger partial charge >= 0.3 is 0 Å². The number of nitrogens with zero attached hydrogens (tertiary/aromatic N) is 2. The minimum absolute atomic E-state index is 0.0666. The van der Waals surface area contributed by atoms with Crippen molar-refractivity contribution in [2.75, 3.05) is 26.5 Å². The molecule has 1 amide bonds. The summed E-state index contributed by atoms with van der Waals surface area (Å²) in [5.41, 5.74) is 1.92. The third-order valence-corrected chi connectivity index (χ3v) is 6.89. The minimum Gasteiger partial charge on any atom is -0.495 e. The van der Waals surface area contributed by atoms with Gasteiger partial charge in [0.05, 0.1) is 29.8 Å². The van der Waals surface area contributed by atoms with Gasteiger partial charge in [-0.1, -0.05) is 30.3 Å². The lowest BCUT2D eigenvalue weighted by Crippen LogP contribution is -2.22. The first-order valence-electron chi connectivity index (χ1n) is 8.71. The molecule has 0 aliphatic heterocycles. The molecule has 7 nitrogen and oxygen atoms in total. The van der Waals surface area contributed by atoms with Gasteiger partial charge < -0.3 is 10.1 Å². The smallest absolute Gasteiger partial charge is 0.242 e. The maximum Gasteiger partial charge on any atom is 0.242 e. The lowest BCUT2D eigenvalue weighted by Gasteiger charge is -2.15. The Hall–Kier alpha value is -2.75. The summed E-state index contributed by atoms with van der Waals surface area (Å²) in [6.45, 7) is 0. The fourth-order valence-corrected chi connectivity index (χ4v) is 4.37. The van der Waals surface area contributed by atoms with Crippen molar-refractivity contribution in [1.82, 2.24) is 9.29 Å². The Morgan fingerprint density at radius 2 is 1.90 bits per heavy atom. The molecule has 0 atom stereocenters. The quantitative estimate of drug-likeness (QED) is 0.620. The molecule has 3 aromatic rings. The van der Waals surface area contributed by atoms with E-state index < -0.39 is 10.0 Å². The third kappa shape index (κ3) is 4.81. The monoisotopic (exact) mass is 431 g/mol. The van der Waals surface area contributed by atoms with Gasteiger partial charge in [0.15, 0.2) is 0 Å². The van der Waals surface area contributed by atoms with Crippen molar-refractivity contribution in [2.24, 2.45) is 0 Å². The standard InChI is InChI=1S/C20H21N3O4S2/c1-23(2)29(25,26)16-9-10-18(27-3)17(12-16)22-19(24)11-15-13-28-20(21-15)14-7-5-4-6-8-14/h4-10,12-13H,11H2,1-3H3,(H,22,24). The number of hydrogen-bond acceptors (Lipinski definition) is 6. The van der Waals surface area contributed by atoms with Crippen LogP contribution in [0.15, 0.2) is 58.8 Å². The van der Waals surface area contributed by atoms with Crippen LogP contribution in [0.3, 0.4) is 0 Å². The number of rotatable bonds is 7. The van der Waals surface area contributed by atoms with Crippen LogP contribution in [0.2, 0.25) is 0 Å². The summed E-state index contributed by atoms with van der Waals surface area (Å²) in [5, 5.41) is 5.41. The zero-order chi connectivity index (χ0) is 21.0. The second-order valence-corrected chi connectivity index (χ2v) is 9.39. The highest BCUT2D eigenvalue weighted by Crippen LogP contribution is 2.29. The molecule has 152 valence electrons. The number of anilines is 1. The van der Waals surface area contributed by atoms with Crippen LogP contribution in [-0.2, 0) is 21.2 Å². The molecule has 2 aromatic carbocycles. The van der Waals surface area contributed by atoms with Crippen molar-refractivity contribution in [3.63, 3.8) is 0 Å². The topological polar surface area (TPSA) is 88.6 Å². The Balaban J connectivity index is 1.78. The van der Waals surface area contributed by atoms with Crippen LogP contribution < -0.4 is 10.1 Å². The number of methoxy groups -OCH3 is 1. The molecule has 0 aliphatic carbocycles. The number of sulfonamides is 1. The van der Waals surface area contributed by atoms with Gasteiger partial charge in [-0.25, -0.2) is 17.7 Å². The van der Waals surface area contributed by atoms with Crippen LogP contribution >= 0.6 is 11.3 Å². The predicted molar refractivity (Wildman–Crippen MR) is 114 cm³/mol. The molecule has 29 heavy (non-hydrogen) atoms. The average Bonchev–Trinajstić information content (AvgIpc) is 3.16. The number of nitrogens with one attached hydrogen (secondary N) is 1. The van der Waals surface area contributed by atoms with Crippen LogP contribution in [-0.4, -0.2) is 44.8 Å². The molecule has 0 fully saturated rings. The van der Waals surface area contributed by atoms with Gasteiger partial charge in [0.25, 0.3) is 0 Å². The van der Waals surface area contributed by atoms with Crippen molar-refractivity contribution >= 4 is 33.0 Å². The molecule has 0 unspecified atom stereocenters. The predicted octanol–water partition coefficient (Wildman–Crippen LogP) is 3.25.